The van der Waals surface area contributed by atoms with Crippen LogP contribution in [0.1, 0.15) is 11.7 Å². The Hall–Kier alpha value is -1.12. The summed E-state index contributed by atoms with van der Waals surface area (Å²) in [5.41, 5.74) is 0.667. The van der Waals surface area contributed by atoms with Gasteiger partial charge in [0.1, 0.15) is 10.6 Å². The third-order valence-corrected chi connectivity index (χ3v) is 5.19. The lowest BCUT2D eigenvalue weighted by molar-refractivity contribution is 0.182. The maximum Gasteiger partial charge on any atom is 0.244 e. The van der Waals surface area contributed by atoms with Crippen LogP contribution < -0.4 is 9.46 Å². The molecule has 2 N–H and O–H groups in total. The molecule has 0 saturated heterocycles. The number of rotatable bonds is 6. The molecule has 1 aromatic carbocycles. The molecule has 0 fully saturated rings. The van der Waals surface area contributed by atoms with Gasteiger partial charge in [-0.3, -0.25) is 0 Å². The molecule has 1 aromatic heterocycles. The molecule has 8 heteroatoms. The highest BCUT2D eigenvalue weighted by Gasteiger charge is 2.21. The molecule has 2 rings (SSSR count). The van der Waals surface area contributed by atoms with Crippen LogP contribution in [0.15, 0.2) is 39.9 Å². The molecule has 1 atom stereocenters. The monoisotopic (exact) mass is 347 g/mol. The van der Waals surface area contributed by atoms with Crippen molar-refractivity contribution in [2.45, 2.75) is 11.0 Å². The minimum Gasteiger partial charge on any atom is -0.495 e. The van der Waals surface area contributed by atoms with Gasteiger partial charge in [-0.25, -0.2) is 13.1 Å². The van der Waals surface area contributed by atoms with E-state index in [0.717, 1.165) is 0 Å². The zero-order chi connectivity index (χ0) is 15.5. The third kappa shape index (κ3) is 3.96. The van der Waals surface area contributed by atoms with Crippen molar-refractivity contribution < 1.29 is 18.3 Å². The second kappa shape index (κ2) is 6.76. The number of aliphatic hydroxyl groups excluding tert-OH is 1. The quantitative estimate of drug-likeness (QED) is 0.841. The predicted octanol–water partition coefficient (Wildman–Crippen LogP) is 2.42. The van der Waals surface area contributed by atoms with E-state index in [1.165, 1.54) is 30.6 Å². The van der Waals surface area contributed by atoms with Gasteiger partial charge >= 0.3 is 0 Å². The van der Waals surface area contributed by atoms with Gasteiger partial charge in [-0.1, -0.05) is 11.6 Å². The van der Waals surface area contributed by atoms with Crippen molar-refractivity contribution in [1.82, 2.24) is 4.72 Å². The van der Waals surface area contributed by atoms with E-state index in [9.17, 15) is 13.5 Å². The highest BCUT2D eigenvalue weighted by atomic mass is 35.5. The summed E-state index contributed by atoms with van der Waals surface area (Å²) in [7, 11) is -2.45. The Labute approximate surface area is 132 Å². The van der Waals surface area contributed by atoms with Crippen molar-refractivity contribution in [3.8, 4) is 5.75 Å². The average molecular weight is 348 g/mol. The topological polar surface area (TPSA) is 75.6 Å². The molecule has 114 valence electrons. The van der Waals surface area contributed by atoms with Gasteiger partial charge in [0, 0.05) is 11.6 Å². The third-order valence-electron chi connectivity index (χ3n) is 2.81. The van der Waals surface area contributed by atoms with E-state index >= 15 is 0 Å². The van der Waals surface area contributed by atoms with Crippen molar-refractivity contribution in [3.63, 3.8) is 0 Å². The molecule has 0 saturated carbocycles. The van der Waals surface area contributed by atoms with Gasteiger partial charge in [-0.2, -0.15) is 11.3 Å². The van der Waals surface area contributed by atoms with E-state index in [2.05, 4.69) is 4.72 Å². The SMILES string of the molecule is COc1ccc(Cl)cc1S(=O)(=O)NCC(O)c1ccsc1. The van der Waals surface area contributed by atoms with Crippen LogP contribution in [0.2, 0.25) is 5.02 Å². The van der Waals surface area contributed by atoms with Crippen LogP contribution in [0, 0.1) is 0 Å². The maximum atomic E-state index is 12.3. The number of hydrogen-bond donors (Lipinski definition) is 2. The average Bonchev–Trinajstić information content (AvgIpc) is 2.99. The number of aliphatic hydroxyl groups is 1. The van der Waals surface area contributed by atoms with Gasteiger partial charge in [0.2, 0.25) is 10.0 Å². The van der Waals surface area contributed by atoms with E-state index in [1.54, 1.807) is 17.5 Å². The first-order valence-corrected chi connectivity index (χ1v) is 8.78. The van der Waals surface area contributed by atoms with E-state index in [0.29, 0.717) is 5.56 Å². The largest absolute Gasteiger partial charge is 0.495 e. The standard InChI is InChI=1S/C13H14ClNO4S2/c1-19-12-3-2-10(14)6-13(12)21(17,18)15-7-11(16)9-4-5-20-8-9/h2-6,8,11,15-16H,7H2,1H3. The van der Waals surface area contributed by atoms with Gasteiger partial charge in [0.15, 0.2) is 0 Å². The zero-order valence-corrected chi connectivity index (χ0v) is 13.5. The molecule has 0 amide bonds. The van der Waals surface area contributed by atoms with Crippen molar-refractivity contribution >= 4 is 33.0 Å². The fourth-order valence-electron chi connectivity index (χ4n) is 1.71. The summed E-state index contributed by atoms with van der Waals surface area (Å²) in [5, 5.41) is 13.8. The summed E-state index contributed by atoms with van der Waals surface area (Å²) in [6.45, 7) is -0.130. The van der Waals surface area contributed by atoms with Crippen molar-refractivity contribution in [2.75, 3.05) is 13.7 Å². The summed E-state index contributed by atoms with van der Waals surface area (Å²) < 4.78 is 31.9. The summed E-state index contributed by atoms with van der Waals surface area (Å²) in [6.07, 6.45) is -0.906. The molecular formula is C13H14ClNO4S2. The van der Waals surface area contributed by atoms with Gasteiger partial charge in [-0.15, -0.1) is 0 Å². The molecule has 0 bridgehead atoms. The molecule has 0 aliphatic rings. The van der Waals surface area contributed by atoms with Gasteiger partial charge in [0.25, 0.3) is 0 Å². The number of ether oxygens (including phenoxy) is 1. The highest BCUT2D eigenvalue weighted by Crippen LogP contribution is 2.27. The molecule has 0 radical (unpaired) electrons. The van der Waals surface area contributed by atoms with Crippen molar-refractivity contribution in [1.29, 1.82) is 0 Å². The normalized spacial score (nSPS) is 13.1. The van der Waals surface area contributed by atoms with Crippen LogP contribution in [-0.2, 0) is 10.0 Å². The molecule has 1 unspecified atom stereocenters. The van der Waals surface area contributed by atoms with Crippen LogP contribution in [0.25, 0.3) is 0 Å². The Kier molecular flexibility index (Phi) is 5.23. The fraction of sp³-hybridized carbons (Fsp3) is 0.231. The Morgan fingerprint density at radius 2 is 2.19 bits per heavy atom. The number of methoxy groups -OCH3 is 1. The smallest absolute Gasteiger partial charge is 0.244 e. The molecular weight excluding hydrogens is 334 g/mol. The molecule has 21 heavy (non-hydrogen) atoms. The Morgan fingerprint density at radius 1 is 1.43 bits per heavy atom. The predicted molar refractivity (Wildman–Crippen MR) is 82.5 cm³/mol. The van der Waals surface area contributed by atoms with Crippen molar-refractivity contribution in [3.05, 3.63) is 45.6 Å². The van der Waals surface area contributed by atoms with Crippen LogP contribution >= 0.6 is 22.9 Å². The van der Waals surface area contributed by atoms with E-state index in [4.69, 9.17) is 16.3 Å². The lowest BCUT2D eigenvalue weighted by Gasteiger charge is -2.13. The van der Waals surface area contributed by atoms with Gasteiger partial charge < -0.3 is 9.84 Å². The number of thiophene rings is 1. The van der Waals surface area contributed by atoms with E-state index < -0.39 is 16.1 Å². The number of hydrogen-bond acceptors (Lipinski definition) is 5. The molecule has 5 nitrogen and oxygen atoms in total. The summed E-state index contributed by atoms with van der Waals surface area (Å²) >= 11 is 7.26. The zero-order valence-electron chi connectivity index (χ0n) is 11.1. The number of nitrogens with one attached hydrogen (secondary N) is 1. The second-order valence-corrected chi connectivity index (χ2v) is 7.17. The van der Waals surface area contributed by atoms with E-state index in [1.807, 2.05) is 5.38 Å². The minimum absolute atomic E-state index is 0.0602. The molecule has 0 aliphatic carbocycles. The maximum absolute atomic E-state index is 12.3. The lowest BCUT2D eigenvalue weighted by atomic mass is 10.2. The summed E-state index contributed by atoms with van der Waals surface area (Å²) in [6, 6.07) is 6.06. The van der Waals surface area contributed by atoms with Crippen molar-refractivity contribution in [2.24, 2.45) is 0 Å². The Morgan fingerprint density at radius 3 is 2.81 bits per heavy atom. The fourth-order valence-corrected chi connectivity index (χ4v) is 3.88. The first-order valence-electron chi connectivity index (χ1n) is 5.97. The summed E-state index contributed by atoms with van der Waals surface area (Å²) in [5.74, 6) is 0.192. The molecule has 2 aromatic rings. The van der Waals surface area contributed by atoms with Crippen LogP contribution in [0.5, 0.6) is 5.75 Å². The molecule has 1 heterocycles. The first-order chi connectivity index (χ1) is 9.94. The number of halogens is 1. The van der Waals surface area contributed by atoms with Crippen LogP contribution in [-0.4, -0.2) is 27.2 Å². The van der Waals surface area contributed by atoms with Crippen LogP contribution in [0.3, 0.4) is 0 Å². The minimum atomic E-state index is -3.83. The van der Waals surface area contributed by atoms with E-state index in [-0.39, 0.29) is 22.2 Å². The van der Waals surface area contributed by atoms with Gasteiger partial charge in [-0.05, 0) is 40.6 Å². The number of sulfonamides is 1. The molecule has 0 aliphatic heterocycles. The summed E-state index contributed by atoms with van der Waals surface area (Å²) in [4.78, 5) is -0.0602. The highest BCUT2D eigenvalue weighted by molar-refractivity contribution is 7.89. The van der Waals surface area contributed by atoms with Crippen LogP contribution in [0.4, 0.5) is 0 Å². The molecule has 0 spiro atoms. The Balaban J connectivity index is 2.17. The second-order valence-electron chi connectivity index (χ2n) is 4.22. The lowest BCUT2D eigenvalue weighted by Crippen LogP contribution is -2.28. The Bertz CT molecular complexity index is 701. The first kappa shape index (κ1) is 16.3. The van der Waals surface area contributed by atoms with Gasteiger partial charge in [0.05, 0.1) is 13.2 Å². The number of benzene rings is 1.